The van der Waals surface area contributed by atoms with Gasteiger partial charge in [0.15, 0.2) is 24.1 Å². The number of ether oxygens (including phenoxy) is 3. The van der Waals surface area contributed by atoms with E-state index < -0.39 is 11.9 Å². The summed E-state index contributed by atoms with van der Waals surface area (Å²) < 4.78 is 17.1. The fourth-order valence-electron chi connectivity index (χ4n) is 4.75. The number of anilines is 1. The minimum Gasteiger partial charge on any atom is -1.00 e. The van der Waals surface area contributed by atoms with Crippen molar-refractivity contribution in [2.24, 2.45) is 5.73 Å². The van der Waals surface area contributed by atoms with E-state index in [9.17, 15) is 9.59 Å². The molecule has 0 fully saturated rings. The summed E-state index contributed by atoms with van der Waals surface area (Å²) in [6.07, 6.45) is 0.652. The van der Waals surface area contributed by atoms with Crippen molar-refractivity contribution < 1.29 is 52.3 Å². The molecular formula is C23H28IN3O5. The molecule has 2 aliphatic rings. The third-order valence-electron chi connectivity index (χ3n) is 6.23. The van der Waals surface area contributed by atoms with Gasteiger partial charge < -0.3 is 53.7 Å². The maximum atomic E-state index is 13.8. The third kappa shape index (κ3) is 4.11. The molecule has 2 atom stereocenters. The van der Waals surface area contributed by atoms with Crippen LogP contribution in [0.4, 0.5) is 5.69 Å². The molecule has 3 N–H and O–H groups in total. The van der Waals surface area contributed by atoms with E-state index in [0.717, 1.165) is 22.4 Å². The Hall–Kier alpha value is -2.53. The highest BCUT2D eigenvalue weighted by Gasteiger charge is 2.48. The Bertz CT molecular complexity index is 1050. The number of benzene rings is 2. The molecule has 32 heavy (non-hydrogen) atoms. The Morgan fingerprint density at radius 1 is 1.25 bits per heavy atom. The molecule has 2 amide bonds. The second-order valence-electron chi connectivity index (χ2n) is 8.45. The fourth-order valence-corrected chi connectivity index (χ4v) is 4.75. The van der Waals surface area contributed by atoms with E-state index in [4.69, 9.17) is 19.9 Å². The monoisotopic (exact) mass is 553 g/mol. The van der Waals surface area contributed by atoms with Crippen LogP contribution in [-0.2, 0) is 16.0 Å². The molecule has 172 valence electrons. The summed E-state index contributed by atoms with van der Waals surface area (Å²) in [6.45, 7) is 4.60. The number of nitrogens with zero attached hydrogens (tertiary/aromatic N) is 1. The molecule has 0 aliphatic carbocycles. The number of amides is 2. The topological polar surface area (TPSA) is 99.9 Å². The lowest BCUT2D eigenvalue weighted by atomic mass is 9.88. The van der Waals surface area contributed by atoms with Gasteiger partial charge in [0.2, 0.25) is 12.5 Å². The second kappa shape index (κ2) is 9.14. The van der Waals surface area contributed by atoms with Crippen LogP contribution < -0.4 is 49.2 Å². The average Bonchev–Trinajstić information content (AvgIpc) is 3.16. The Morgan fingerprint density at radius 2 is 1.94 bits per heavy atom. The Morgan fingerprint density at radius 3 is 2.56 bits per heavy atom. The minimum atomic E-state index is -0.709. The number of carbonyl (C=O) groups excluding carboxylic acids is 2. The van der Waals surface area contributed by atoms with Gasteiger partial charge in [0.1, 0.15) is 0 Å². The van der Waals surface area contributed by atoms with Crippen molar-refractivity contribution in [3.05, 3.63) is 46.5 Å². The predicted molar refractivity (Wildman–Crippen MR) is 115 cm³/mol. The highest BCUT2D eigenvalue weighted by molar-refractivity contribution is 5.97. The maximum absolute atomic E-state index is 13.8. The first-order chi connectivity index (χ1) is 14.7. The summed E-state index contributed by atoms with van der Waals surface area (Å²) >= 11 is 0. The number of hydrogen-bond acceptors (Lipinski definition) is 5. The van der Waals surface area contributed by atoms with Crippen LogP contribution in [0.1, 0.15) is 28.3 Å². The van der Waals surface area contributed by atoms with E-state index in [1.165, 1.54) is 0 Å². The van der Waals surface area contributed by atoms with Gasteiger partial charge >= 0.3 is 0 Å². The molecule has 0 radical (unpaired) electrons. The summed E-state index contributed by atoms with van der Waals surface area (Å²) in [4.78, 5) is 25.8. The lowest BCUT2D eigenvalue weighted by Gasteiger charge is -2.44. The molecule has 2 heterocycles. The molecular weight excluding hydrogens is 525 g/mol. The lowest BCUT2D eigenvalue weighted by molar-refractivity contribution is -0.924. The molecule has 0 saturated carbocycles. The third-order valence-corrected chi connectivity index (χ3v) is 6.23. The van der Waals surface area contributed by atoms with Crippen LogP contribution in [0, 0.1) is 13.8 Å². The van der Waals surface area contributed by atoms with E-state index >= 15 is 0 Å². The standard InChI is InChI=1S/C23H27N3O5.HI/c1-13-6-5-7-14(2)19(13)25-23(28)20-18-15(8-9-26(20,3)11-17(24)27)10-16-21(22(18)29-4)31-12-30-16;/h5-7,10,20H,8-9,11-12H2,1-4H3,(H2-,24,25,27,28);1H. The average molecular weight is 553 g/mol. The van der Waals surface area contributed by atoms with Gasteiger partial charge in [0.25, 0.3) is 11.8 Å². The van der Waals surface area contributed by atoms with E-state index in [2.05, 4.69) is 5.32 Å². The molecule has 0 bridgehead atoms. The van der Waals surface area contributed by atoms with E-state index in [0.29, 0.717) is 35.8 Å². The van der Waals surface area contributed by atoms with Crippen LogP contribution >= 0.6 is 0 Å². The zero-order chi connectivity index (χ0) is 22.3. The summed E-state index contributed by atoms with van der Waals surface area (Å²) in [5, 5.41) is 3.10. The largest absolute Gasteiger partial charge is 1.00 e. The summed E-state index contributed by atoms with van der Waals surface area (Å²) in [7, 11) is 3.43. The number of primary amides is 1. The smallest absolute Gasteiger partial charge is 0.287 e. The quantitative estimate of drug-likeness (QED) is 0.374. The van der Waals surface area contributed by atoms with Gasteiger partial charge in [-0.25, -0.2) is 0 Å². The van der Waals surface area contributed by atoms with Gasteiger partial charge in [-0.3, -0.25) is 9.59 Å². The zero-order valence-corrected chi connectivity index (χ0v) is 20.8. The van der Waals surface area contributed by atoms with Gasteiger partial charge in [-0.1, -0.05) is 18.2 Å². The summed E-state index contributed by atoms with van der Waals surface area (Å²) in [6, 6.07) is 7.06. The number of nitrogens with one attached hydrogen (secondary N) is 1. The first-order valence-electron chi connectivity index (χ1n) is 10.2. The molecule has 9 heteroatoms. The van der Waals surface area contributed by atoms with Gasteiger partial charge in [-0.15, -0.1) is 0 Å². The number of carbonyl (C=O) groups is 2. The zero-order valence-electron chi connectivity index (χ0n) is 18.7. The van der Waals surface area contributed by atoms with Crippen molar-refractivity contribution >= 4 is 17.5 Å². The summed E-state index contributed by atoms with van der Waals surface area (Å²) in [5.41, 5.74) is 9.95. The van der Waals surface area contributed by atoms with Crippen molar-refractivity contribution in [1.29, 1.82) is 0 Å². The van der Waals surface area contributed by atoms with E-state index in [1.807, 2.05) is 45.2 Å². The fraction of sp³-hybridized carbons (Fsp3) is 0.391. The van der Waals surface area contributed by atoms with Gasteiger partial charge in [-0.2, -0.15) is 0 Å². The Labute approximate surface area is 204 Å². The summed E-state index contributed by atoms with van der Waals surface area (Å²) in [5.74, 6) is 0.879. The van der Waals surface area contributed by atoms with Crippen LogP contribution in [0.3, 0.4) is 0 Å². The van der Waals surface area contributed by atoms with Crippen molar-refractivity contribution in [2.45, 2.75) is 26.3 Å². The highest BCUT2D eigenvalue weighted by Crippen LogP contribution is 2.51. The molecule has 0 saturated heterocycles. The number of halogens is 1. The molecule has 2 aromatic rings. The highest BCUT2D eigenvalue weighted by atomic mass is 127. The predicted octanol–water partition coefficient (Wildman–Crippen LogP) is -0.787. The Balaban J connectivity index is 0.00000289. The molecule has 2 unspecified atom stereocenters. The van der Waals surface area contributed by atoms with E-state index in [1.54, 1.807) is 7.11 Å². The van der Waals surface area contributed by atoms with E-state index in [-0.39, 0.29) is 47.7 Å². The number of aryl methyl sites for hydroxylation is 2. The molecule has 2 aromatic carbocycles. The molecule has 0 spiro atoms. The maximum Gasteiger partial charge on any atom is 0.287 e. The number of nitrogens with two attached hydrogens (primary N) is 1. The van der Waals surface area contributed by atoms with Crippen molar-refractivity contribution in [3.8, 4) is 17.2 Å². The van der Waals surface area contributed by atoms with Gasteiger partial charge in [-0.05, 0) is 36.6 Å². The van der Waals surface area contributed by atoms with Crippen molar-refractivity contribution in [1.82, 2.24) is 0 Å². The SMILES string of the molecule is COc1c2c(cc3c1C(C(=O)Nc1c(C)cccc1C)[N+](C)(CC(N)=O)CC3)OCO2.[I-]. The number of methoxy groups -OCH3 is 1. The second-order valence-corrected chi connectivity index (χ2v) is 8.45. The first-order valence-corrected chi connectivity index (χ1v) is 10.2. The van der Waals surface area contributed by atoms with Gasteiger partial charge in [0.05, 0.1) is 26.3 Å². The van der Waals surface area contributed by atoms with Crippen LogP contribution in [0.5, 0.6) is 17.2 Å². The van der Waals surface area contributed by atoms with Crippen LogP contribution in [-0.4, -0.2) is 50.3 Å². The van der Waals surface area contributed by atoms with Crippen LogP contribution in [0.2, 0.25) is 0 Å². The molecule has 4 rings (SSSR count). The molecule has 2 aliphatic heterocycles. The minimum absolute atomic E-state index is 0. The number of likely N-dealkylation sites (N-methyl/N-ethyl adjacent to an activating group) is 1. The first kappa shape index (κ1) is 24.1. The number of quaternary nitrogens is 1. The normalized spacial score (nSPS) is 20.7. The lowest BCUT2D eigenvalue weighted by Crippen LogP contribution is -3.00. The molecule has 8 nitrogen and oxygen atoms in total. The number of fused-ring (bicyclic) bond motifs is 2. The van der Waals surface area contributed by atoms with Crippen LogP contribution in [0.15, 0.2) is 24.3 Å². The number of hydrogen-bond donors (Lipinski definition) is 2. The van der Waals surface area contributed by atoms with Crippen molar-refractivity contribution in [3.63, 3.8) is 0 Å². The van der Waals surface area contributed by atoms with Gasteiger partial charge in [0, 0.05) is 12.1 Å². The molecule has 0 aromatic heterocycles. The number of rotatable bonds is 5. The number of para-hydroxylation sites is 1. The van der Waals surface area contributed by atoms with Crippen molar-refractivity contribution in [2.75, 3.05) is 39.4 Å². The Kier molecular flexibility index (Phi) is 6.89. The van der Waals surface area contributed by atoms with Crippen LogP contribution in [0.25, 0.3) is 0 Å².